The van der Waals surface area contributed by atoms with E-state index in [1.54, 1.807) is 0 Å². The van der Waals surface area contributed by atoms with Gasteiger partial charge in [-0.25, -0.2) is 4.79 Å². The summed E-state index contributed by atoms with van der Waals surface area (Å²) in [6, 6.07) is 0. The minimum atomic E-state index is -0.510. The summed E-state index contributed by atoms with van der Waals surface area (Å²) in [7, 11) is 0. The Balaban J connectivity index is 4.90. The maximum Gasteiger partial charge on any atom is 0.334 e. The lowest BCUT2D eigenvalue weighted by molar-refractivity contribution is -0.158. The van der Waals surface area contributed by atoms with Crippen LogP contribution >= 0.6 is 0 Å². The lowest BCUT2D eigenvalue weighted by Gasteiger charge is -2.32. The Labute approximate surface area is 167 Å². The monoisotopic (exact) mass is 382 g/mol. The van der Waals surface area contributed by atoms with Gasteiger partial charge in [0.15, 0.2) is 0 Å². The highest BCUT2D eigenvalue weighted by molar-refractivity contribution is 5.93. The van der Waals surface area contributed by atoms with E-state index in [-0.39, 0.29) is 35.0 Å². The molecule has 0 saturated carbocycles. The van der Waals surface area contributed by atoms with E-state index in [1.807, 2.05) is 20.8 Å². The maximum absolute atomic E-state index is 12.4. The standard InChI is InChI=1S/C23H42O4/c1-15(2)12-18(22(6,7)8)26-20(24)14-17(5)21(25)27-19(13-16(3)4)23(9,10)11/h15-16,18-19H,5,12-14H2,1-4,6-11H3. The van der Waals surface area contributed by atoms with Crippen LogP contribution < -0.4 is 0 Å². The maximum atomic E-state index is 12.4. The molecule has 2 unspecified atom stereocenters. The number of ether oxygens (including phenoxy) is 2. The molecule has 0 spiro atoms. The third kappa shape index (κ3) is 10.6. The van der Waals surface area contributed by atoms with Crippen LogP contribution in [-0.2, 0) is 19.1 Å². The number of carbonyl (C=O) groups excluding carboxylic acids is 2. The molecule has 0 saturated heterocycles. The van der Waals surface area contributed by atoms with Gasteiger partial charge in [0.2, 0.25) is 0 Å². The van der Waals surface area contributed by atoms with Crippen molar-refractivity contribution in [1.29, 1.82) is 0 Å². The Kier molecular flexibility index (Phi) is 9.78. The molecule has 0 aromatic rings. The fourth-order valence-corrected chi connectivity index (χ4v) is 2.67. The van der Waals surface area contributed by atoms with Gasteiger partial charge in [0.25, 0.3) is 0 Å². The van der Waals surface area contributed by atoms with E-state index in [2.05, 4.69) is 55.0 Å². The van der Waals surface area contributed by atoms with Crippen molar-refractivity contribution in [3.63, 3.8) is 0 Å². The van der Waals surface area contributed by atoms with Crippen LogP contribution in [0.2, 0.25) is 0 Å². The third-order valence-corrected chi connectivity index (χ3v) is 4.47. The Morgan fingerprint density at radius 1 is 0.778 bits per heavy atom. The molecule has 0 aliphatic carbocycles. The molecule has 158 valence electrons. The van der Waals surface area contributed by atoms with E-state index in [4.69, 9.17) is 9.47 Å². The van der Waals surface area contributed by atoms with Crippen molar-refractivity contribution in [2.45, 2.75) is 101 Å². The molecule has 4 heteroatoms. The summed E-state index contributed by atoms with van der Waals surface area (Å²) in [5.74, 6) is -0.111. The molecule has 0 aliphatic heterocycles. The van der Waals surface area contributed by atoms with Crippen molar-refractivity contribution in [3.05, 3.63) is 12.2 Å². The Morgan fingerprint density at radius 2 is 1.15 bits per heavy atom. The summed E-state index contributed by atoms with van der Waals surface area (Å²) in [5.41, 5.74) is -0.179. The van der Waals surface area contributed by atoms with Crippen LogP contribution in [0.5, 0.6) is 0 Å². The molecule has 4 nitrogen and oxygen atoms in total. The molecule has 2 atom stereocenters. The average molecular weight is 383 g/mol. The highest BCUT2D eigenvalue weighted by atomic mass is 16.6. The smallest absolute Gasteiger partial charge is 0.334 e. The van der Waals surface area contributed by atoms with E-state index in [1.165, 1.54) is 0 Å². The second-order valence-electron chi connectivity index (χ2n) is 10.6. The first-order valence-corrected chi connectivity index (χ1v) is 10.1. The summed E-state index contributed by atoms with van der Waals surface area (Å²) >= 11 is 0. The fourth-order valence-electron chi connectivity index (χ4n) is 2.67. The summed E-state index contributed by atoms with van der Waals surface area (Å²) in [6.45, 7) is 24.5. The van der Waals surface area contributed by atoms with Gasteiger partial charge < -0.3 is 9.47 Å². The van der Waals surface area contributed by atoms with Crippen LogP contribution in [0.3, 0.4) is 0 Å². The van der Waals surface area contributed by atoms with Gasteiger partial charge in [-0.15, -0.1) is 0 Å². The normalized spacial score (nSPS) is 14.8. The zero-order valence-electron chi connectivity index (χ0n) is 19.3. The van der Waals surface area contributed by atoms with Gasteiger partial charge in [0.05, 0.1) is 6.42 Å². The van der Waals surface area contributed by atoms with E-state index in [9.17, 15) is 9.59 Å². The number of carbonyl (C=O) groups is 2. The molecule has 0 amide bonds. The van der Waals surface area contributed by atoms with E-state index >= 15 is 0 Å². The van der Waals surface area contributed by atoms with Gasteiger partial charge in [-0.2, -0.15) is 0 Å². The minimum Gasteiger partial charge on any atom is -0.462 e. The topological polar surface area (TPSA) is 52.6 Å². The van der Waals surface area contributed by atoms with Crippen molar-refractivity contribution in [2.24, 2.45) is 22.7 Å². The minimum absolute atomic E-state index is 0.137. The van der Waals surface area contributed by atoms with E-state index < -0.39 is 11.9 Å². The zero-order valence-corrected chi connectivity index (χ0v) is 19.3. The summed E-state index contributed by atoms with van der Waals surface area (Å²) in [5, 5.41) is 0. The molecule has 27 heavy (non-hydrogen) atoms. The molecule has 0 aromatic heterocycles. The quantitative estimate of drug-likeness (QED) is 0.366. The van der Waals surface area contributed by atoms with Crippen molar-refractivity contribution in [1.82, 2.24) is 0 Å². The van der Waals surface area contributed by atoms with Crippen LogP contribution in [-0.4, -0.2) is 24.1 Å². The summed E-state index contributed by atoms with van der Waals surface area (Å²) < 4.78 is 11.4. The second kappa shape index (κ2) is 10.3. The molecule has 0 N–H and O–H groups in total. The molecule has 0 aliphatic rings. The first kappa shape index (κ1) is 25.7. The molecule has 0 aromatic carbocycles. The van der Waals surface area contributed by atoms with Gasteiger partial charge >= 0.3 is 11.9 Å². The van der Waals surface area contributed by atoms with E-state index in [0.717, 1.165) is 12.8 Å². The van der Waals surface area contributed by atoms with E-state index in [0.29, 0.717) is 11.8 Å². The average Bonchev–Trinajstić information content (AvgIpc) is 2.42. The van der Waals surface area contributed by atoms with Crippen LogP contribution in [0.15, 0.2) is 12.2 Å². The third-order valence-electron chi connectivity index (χ3n) is 4.47. The van der Waals surface area contributed by atoms with Crippen LogP contribution in [0, 0.1) is 22.7 Å². The lowest BCUT2D eigenvalue weighted by atomic mass is 9.84. The lowest BCUT2D eigenvalue weighted by Crippen LogP contribution is -2.34. The van der Waals surface area contributed by atoms with Crippen molar-refractivity contribution >= 4 is 11.9 Å². The number of hydrogen-bond donors (Lipinski definition) is 0. The predicted octanol–water partition coefficient (Wildman–Crippen LogP) is 5.94. The van der Waals surface area contributed by atoms with Gasteiger partial charge in [-0.1, -0.05) is 75.8 Å². The number of hydrogen-bond acceptors (Lipinski definition) is 4. The van der Waals surface area contributed by atoms with Crippen molar-refractivity contribution < 1.29 is 19.1 Å². The first-order chi connectivity index (χ1) is 12.0. The van der Waals surface area contributed by atoms with Gasteiger partial charge in [0, 0.05) is 5.57 Å². The van der Waals surface area contributed by atoms with Gasteiger partial charge in [-0.05, 0) is 35.5 Å². The highest BCUT2D eigenvalue weighted by Gasteiger charge is 2.32. The molecule has 0 radical (unpaired) electrons. The first-order valence-electron chi connectivity index (χ1n) is 10.1. The van der Waals surface area contributed by atoms with Crippen LogP contribution in [0.1, 0.15) is 88.5 Å². The van der Waals surface area contributed by atoms with Crippen LogP contribution in [0.25, 0.3) is 0 Å². The SMILES string of the molecule is C=C(CC(=O)OC(CC(C)C)C(C)(C)C)C(=O)OC(CC(C)C)C(C)(C)C. The van der Waals surface area contributed by atoms with Crippen molar-refractivity contribution in [3.8, 4) is 0 Å². The molecular formula is C23H42O4. The second-order valence-corrected chi connectivity index (χ2v) is 10.6. The van der Waals surface area contributed by atoms with Crippen LogP contribution in [0.4, 0.5) is 0 Å². The van der Waals surface area contributed by atoms with Crippen molar-refractivity contribution in [2.75, 3.05) is 0 Å². The number of rotatable bonds is 9. The fraction of sp³-hybridized carbons (Fsp3) is 0.826. The molecular weight excluding hydrogens is 340 g/mol. The number of esters is 2. The summed E-state index contributed by atoms with van der Waals surface area (Å²) in [4.78, 5) is 24.8. The molecule has 0 fully saturated rings. The Morgan fingerprint density at radius 3 is 1.48 bits per heavy atom. The van der Waals surface area contributed by atoms with Gasteiger partial charge in [0.1, 0.15) is 12.2 Å². The van der Waals surface area contributed by atoms with Gasteiger partial charge in [-0.3, -0.25) is 4.79 Å². The molecule has 0 heterocycles. The highest BCUT2D eigenvalue weighted by Crippen LogP contribution is 2.30. The Hall–Kier alpha value is -1.32. The largest absolute Gasteiger partial charge is 0.462 e. The zero-order chi connectivity index (χ0) is 21.6. The predicted molar refractivity (Wildman–Crippen MR) is 111 cm³/mol. The summed E-state index contributed by atoms with van der Waals surface area (Å²) in [6.07, 6.45) is 1.00. The molecule has 0 rings (SSSR count). The molecule has 0 bridgehead atoms. The Bertz CT molecular complexity index is 503.